The zero-order chi connectivity index (χ0) is 38.6. The number of aromatic nitrogens is 1. The highest BCUT2D eigenvalue weighted by Gasteiger charge is 2.42. The van der Waals surface area contributed by atoms with Crippen LogP contribution in [-0.2, 0) is 0 Å². The van der Waals surface area contributed by atoms with E-state index in [1.165, 1.54) is 76.5 Å². The Kier molecular flexibility index (Phi) is 8.45. The molecule has 0 saturated carbocycles. The smallest absolute Gasteiger partial charge is 0.249 e. The van der Waals surface area contributed by atoms with Crippen molar-refractivity contribution in [3.8, 4) is 55.9 Å². The van der Waals surface area contributed by atoms with Crippen molar-refractivity contribution in [1.29, 1.82) is 0 Å². The molecule has 1 aromatic heterocycles. The van der Waals surface area contributed by atoms with Gasteiger partial charge < -0.3 is 4.90 Å². The van der Waals surface area contributed by atoms with E-state index in [4.69, 9.17) is 4.98 Å². The minimum atomic E-state index is 0.0000671. The Hall–Kier alpha value is -6.88. The van der Waals surface area contributed by atoms with Gasteiger partial charge in [-0.25, -0.2) is 4.98 Å². The third-order valence-electron chi connectivity index (χ3n) is 11.6. The SMILES string of the molecule is Cc1cc2c3c(c1)N(c1ccc(-c4ccccc4)cc1)c1ccc(-c4ccccc4)cc1B3c1cc(-c3ccccc3)cc(-c3cccc(-c4ccccc4)n3)c1S2. The molecule has 2 aliphatic heterocycles. The van der Waals surface area contributed by atoms with E-state index in [0.29, 0.717) is 0 Å². The van der Waals surface area contributed by atoms with Gasteiger partial charge in [-0.3, -0.25) is 0 Å². The van der Waals surface area contributed by atoms with Crippen LogP contribution < -0.4 is 21.3 Å². The molecule has 0 atom stereocenters. The highest BCUT2D eigenvalue weighted by Crippen LogP contribution is 2.46. The van der Waals surface area contributed by atoms with Crippen molar-refractivity contribution in [3.05, 3.63) is 212 Å². The first kappa shape index (κ1) is 34.4. The molecule has 0 aliphatic carbocycles. The lowest BCUT2D eigenvalue weighted by molar-refractivity contribution is 1.24. The molecule has 0 fully saturated rings. The predicted octanol–water partition coefficient (Wildman–Crippen LogP) is 12.5. The average Bonchev–Trinajstić information content (AvgIpc) is 3.29. The van der Waals surface area contributed by atoms with Crippen LogP contribution in [0.2, 0.25) is 0 Å². The molecule has 0 amide bonds. The predicted molar refractivity (Wildman–Crippen MR) is 246 cm³/mol. The maximum absolute atomic E-state index is 5.37. The summed E-state index contributed by atoms with van der Waals surface area (Å²) in [5, 5.41) is 0. The number of anilines is 3. The van der Waals surface area contributed by atoms with Gasteiger partial charge in [-0.15, -0.1) is 0 Å². The lowest BCUT2D eigenvalue weighted by Crippen LogP contribution is -2.60. The normalized spacial score (nSPS) is 12.4. The number of rotatable bonds is 6. The molecule has 4 heteroatoms. The topological polar surface area (TPSA) is 16.1 Å². The highest BCUT2D eigenvalue weighted by molar-refractivity contribution is 8.00. The number of hydrogen-bond acceptors (Lipinski definition) is 3. The number of nitrogens with zero attached hydrogens (tertiary/aromatic N) is 2. The molecule has 272 valence electrons. The first-order chi connectivity index (χ1) is 28.7. The molecule has 2 aliphatic rings. The van der Waals surface area contributed by atoms with E-state index < -0.39 is 0 Å². The molecule has 0 spiro atoms. The molecule has 11 rings (SSSR count). The zero-order valence-electron chi connectivity index (χ0n) is 32.0. The third-order valence-corrected chi connectivity index (χ3v) is 12.8. The van der Waals surface area contributed by atoms with Crippen LogP contribution in [-0.4, -0.2) is 11.7 Å². The summed E-state index contributed by atoms with van der Waals surface area (Å²) in [6.45, 7) is 2.23. The van der Waals surface area contributed by atoms with E-state index >= 15 is 0 Å². The van der Waals surface area contributed by atoms with Crippen molar-refractivity contribution in [2.24, 2.45) is 0 Å². The van der Waals surface area contributed by atoms with Crippen LogP contribution in [0.25, 0.3) is 55.9 Å². The third kappa shape index (κ3) is 5.96. The fourth-order valence-corrected chi connectivity index (χ4v) is 10.2. The summed E-state index contributed by atoms with van der Waals surface area (Å²) in [5.74, 6) is 0. The number of aryl methyl sites for hydroxylation is 1. The molecule has 9 aromatic rings. The van der Waals surface area contributed by atoms with Crippen LogP contribution in [0, 0.1) is 6.92 Å². The Morgan fingerprint density at radius 3 is 1.66 bits per heavy atom. The first-order valence-corrected chi connectivity index (χ1v) is 20.7. The molecule has 58 heavy (non-hydrogen) atoms. The lowest BCUT2D eigenvalue weighted by atomic mass is 9.34. The van der Waals surface area contributed by atoms with E-state index in [0.717, 1.165) is 28.2 Å². The van der Waals surface area contributed by atoms with Crippen molar-refractivity contribution < 1.29 is 0 Å². The van der Waals surface area contributed by atoms with Gasteiger partial charge >= 0.3 is 0 Å². The second-order valence-electron chi connectivity index (χ2n) is 15.2. The van der Waals surface area contributed by atoms with Gasteiger partial charge in [0.15, 0.2) is 0 Å². The van der Waals surface area contributed by atoms with Gasteiger partial charge in [0.25, 0.3) is 0 Å². The van der Waals surface area contributed by atoms with Crippen LogP contribution in [0.5, 0.6) is 0 Å². The summed E-state index contributed by atoms with van der Waals surface area (Å²) >= 11 is 1.90. The maximum atomic E-state index is 5.37. The minimum absolute atomic E-state index is 0.0000671. The van der Waals surface area contributed by atoms with Crippen molar-refractivity contribution in [2.75, 3.05) is 4.90 Å². The molecule has 8 aromatic carbocycles. The molecule has 0 radical (unpaired) electrons. The Morgan fingerprint density at radius 1 is 0.431 bits per heavy atom. The maximum Gasteiger partial charge on any atom is 0.249 e. The average molecular weight is 757 g/mol. The minimum Gasteiger partial charge on any atom is -0.311 e. The van der Waals surface area contributed by atoms with Crippen LogP contribution >= 0.6 is 11.8 Å². The van der Waals surface area contributed by atoms with Gasteiger partial charge in [0.05, 0.1) is 11.4 Å². The second-order valence-corrected chi connectivity index (χ2v) is 16.3. The van der Waals surface area contributed by atoms with Crippen LogP contribution in [0.4, 0.5) is 17.1 Å². The monoisotopic (exact) mass is 756 g/mol. The van der Waals surface area contributed by atoms with E-state index in [2.05, 4.69) is 218 Å². The molecule has 0 N–H and O–H groups in total. The standard InChI is InChI=1S/C54H37BN2S/c1-36-31-51-53-52(32-36)58-54-45(49-24-14-23-48(56-49)41-21-12-5-13-22-41)33-43(39-19-10-4-11-20-39)35-47(54)55(53)46-34-42(38-17-8-3-9-18-38)27-30-50(46)57(51)44-28-25-40(26-29-44)37-15-6-2-7-16-37/h2-35H,1H3. The van der Waals surface area contributed by atoms with E-state index in [1.807, 2.05) is 11.8 Å². The Bertz CT molecular complexity index is 2970. The molecule has 3 heterocycles. The van der Waals surface area contributed by atoms with Gasteiger partial charge in [0.1, 0.15) is 0 Å². The summed E-state index contributed by atoms with van der Waals surface area (Å²) in [4.78, 5) is 10.4. The first-order valence-electron chi connectivity index (χ1n) is 19.9. The summed E-state index contributed by atoms with van der Waals surface area (Å²) < 4.78 is 0. The molecular weight excluding hydrogens is 719 g/mol. The Balaban J connectivity index is 1.17. The number of fused-ring (bicyclic) bond motifs is 4. The Morgan fingerprint density at radius 2 is 0.983 bits per heavy atom. The van der Waals surface area contributed by atoms with Gasteiger partial charge in [-0.1, -0.05) is 175 Å². The van der Waals surface area contributed by atoms with Gasteiger partial charge in [0, 0.05) is 38.0 Å². The Labute approximate surface area is 344 Å². The van der Waals surface area contributed by atoms with Crippen LogP contribution in [0.15, 0.2) is 216 Å². The van der Waals surface area contributed by atoms with Crippen LogP contribution in [0.3, 0.4) is 0 Å². The van der Waals surface area contributed by atoms with Crippen molar-refractivity contribution in [1.82, 2.24) is 4.98 Å². The van der Waals surface area contributed by atoms with Crippen molar-refractivity contribution in [2.45, 2.75) is 16.7 Å². The zero-order valence-corrected chi connectivity index (χ0v) is 32.8. The summed E-state index contributed by atoms with van der Waals surface area (Å²) in [7, 11) is 0. The summed E-state index contributed by atoms with van der Waals surface area (Å²) in [6.07, 6.45) is 0. The summed E-state index contributed by atoms with van der Waals surface area (Å²) in [5.41, 5.74) is 20.3. The largest absolute Gasteiger partial charge is 0.311 e. The van der Waals surface area contributed by atoms with Crippen molar-refractivity contribution >= 4 is 51.9 Å². The molecular formula is C54H37BN2S. The molecule has 0 bridgehead atoms. The highest BCUT2D eigenvalue weighted by atomic mass is 32.2. The number of pyridine rings is 1. The van der Waals surface area contributed by atoms with Crippen molar-refractivity contribution in [3.63, 3.8) is 0 Å². The molecule has 0 unspecified atom stereocenters. The quantitative estimate of drug-likeness (QED) is 0.157. The fraction of sp³-hybridized carbons (Fsp3) is 0.0185. The second kappa shape index (κ2) is 14.3. The van der Waals surface area contributed by atoms with E-state index in [1.54, 1.807) is 0 Å². The van der Waals surface area contributed by atoms with Gasteiger partial charge in [-0.05, 0) is 105 Å². The van der Waals surface area contributed by atoms with E-state index in [9.17, 15) is 0 Å². The van der Waals surface area contributed by atoms with E-state index in [-0.39, 0.29) is 6.71 Å². The number of benzene rings is 8. The molecule has 2 nitrogen and oxygen atoms in total. The molecule has 0 saturated heterocycles. The van der Waals surface area contributed by atoms with Gasteiger partial charge in [0.2, 0.25) is 6.71 Å². The summed E-state index contributed by atoms with van der Waals surface area (Å²) in [6, 6.07) is 75.0. The lowest BCUT2D eigenvalue weighted by Gasteiger charge is -2.41. The fourth-order valence-electron chi connectivity index (χ4n) is 8.86. The number of hydrogen-bond donors (Lipinski definition) is 0. The van der Waals surface area contributed by atoms with Crippen LogP contribution in [0.1, 0.15) is 5.56 Å². The van der Waals surface area contributed by atoms with Gasteiger partial charge in [-0.2, -0.15) is 0 Å².